The molecule has 0 radical (unpaired) electrons. The van der Waals surface area contributed by atoms with Crippen molar-refractivity contribution in [2.24, 2.45) is 5.92 Å². The van der Waals surface area contributed by atoms with Gasteiger partial charge in [0.2, 0.25) is 5.91 Å². The third-order valence-corrected chi connectivity index (χ3v) is 3.04. The molecule has 1 amide bonds. The van der Waals surface area contributed by atoms with Crippen LogP contribution in [-0.2, 0) is 4.79 Å². The molecule has 5 nitrogen and oxygen atoms in total. The molecule has 2 heterocycles. The SMILES string of the molecule is N#CC1CNC(C(=O)Nc2cccc(Br)n2)C1. The van der Waals surface area contributed by atoms with Crippen LogP contribution in [0.4, 0.5) is 5.82 Å². The van der Waals surface area contributed by atoms with Crippen molar-refractivity contribution in [1.29, 1.82) is 5.26 Å². The quantitative estimate of drug-likeness (QED) is 0.806. The molecular weight excluding hydrogens is 284 g/mol. The van der Waals surface area contributed by atoms with Crippen LogP contribution >= 0.6 is 15.9 Å². The zero-order valence-corrected chi connectivity index (χ0v) is 10.6. The molecule has 88 valence electrons. The van der Waals surface area contributed by atoms with Gasteiger partial charge in [0.25, 0.3) is 0 Å². The van der Waals surface area contributed by atoms with Gasteiger partial charge in [-0.1, -0.05) is 6.07 Å². The molecule has 1 aliphatic rings. The van der Waals surface area contributed by atoms with Crippen LogP contribution in [0.2, 0.25) is 0 Å². The van der Waals surface area contributed by atoms with Crippen molar-refractivity contribution in [3.8, 4) is 6.07 Å². The van der Waals surface area contributed by atoms with E-state index in [2.05, 4.69) is 37.6 Å². The van der Waals surface area contributed by atoms with E-state index in [4.69, 9.17) is 5.26 Å². The average molecular weight is 295 g/mol. The van der Waals surface area contributed by atoms with E-state index in [1.807, 2.05) is 0 Å². The van der Waals surface area contributed by atoms with E-state index < -0.39 is 0 Å². The van der Waals surface area contributed by atoms with Crippen molar-refractivity contribution >= 4 is 27.7 Å². The van der Waals surface area contributed by atoms with Crippen LogP contribution in [0.1, 0.15) is 6.42 Å². The third kappa shape index (κ3) is 3.02. The lowest BCUT2D eigenvalue weighted by molar-refractivity contribution is -0.117. The molecule has 1 saturated heterocycles. The smallest absolute Gasteiger partial charge is 0.242 e. The molecule has 0 aromatic carbocycles. The number of aromatic nitrogens is 1. The van der Waals surface area contributed by atoms with Crippen molar-refractivity contribution in [2.45, 2.75) is 12.5 Å². The fourth-order valence-electron chi connectivity index (χ4n) is 1.73. The van der Waals surface area contributed by atoms with Gasteiger partial charge in [0, 0.05) is 6.54 Å². The summed E-state index contributed by atoms with van der Waals surface area (Å²) in [5.41, 5.74) is 0. The first-order valence-electron chi connectivity index (χ1n) is 5.25. The van der Waals surface area contributed by atoms with Crippen LogP contribution < -0.4 is 10.6 Å². The van der Waals surface area contributed by atoms with E-state index in [1.165, 1.54) is 0 Å². The largest absolute Gasteiger partial charge is 0.309 e. The Morgan fingerprint density at radius 2 is 2.47 bits per heavy atom. The monoisotopic (exact) mass is 294 g/mol. The Bertz CT molecular complexity index is 471. The first-order chi connectivity index (χ1) is 8.19. The summed E-state index contributed by atoms with van der Waals surface area (Å²) >= 11 is 3.24. The van der Waals surface area contributed by atoms with Crippen LogP contribution in [0.25, 0.3) is 0 Å². The molecule has 2 atom stereocenters. The molecule has 0 saturated carbocycles. The number of carbonyl (C=O) groups is 1. The molecule has 0 bridgehead atoms. The number of anilines is 1. The number of halogens is 1. The first kappa shape index (κ1) is 12.0. The second-order valence-corrected chi connectivity index (χ2v) is 4.67. The van der Waals surface area contributed by atoms with Gasteiger partial charge in [0.1, 0.15) is 10.4 Å². The van der Waals surface area contributed by atoms with E-state index >= 15 is 0 Å². The first-order valence-corrected chi connectivity index (χ1v) is 6.05. The fraction of sp³-hybridized carbons (Fsp3) is 0.364. The maximum absolute atomic E-state index is 11.8. The second kappa shape index (κ2) is 5.25. The minimum Gasteiger partial charge on any atom is -0.309 e. The lowest BCUT2D eigenvalue weighted by Gasteiger charge is -2.10. The summed E-state index contributed by atoms with van der Waals surface area (Å²) in [5, 5.41) is 14.5. The van der Waals surface area contributed by atoms with E-state index in [0.717, 1.165) is 0 Å². The number of pyridine rings is 1. The highest BCUT2D eigenvalue weighted by Crippen LogP contribution is 2.15. The molecule has 1 aromatic heterocycles. The van der Waals surface area contributed by atoms with Crippen molar-refractivity contribution in [2.75, 3.05) is 11.9 Å². The molecule has 1 aliphatic heterocycles. The molecule has 2 rings (SSSR count). The van der Waals surface area contributed by atoms with E-state index in [0.29, 0.717) is 23.4 Å². The van der Waals surface area contributed by atoms with Crippen molar-refractivity contribution in [3.63, 3.8) is 0 Å². The Morgan fingerprint density at radius 3 is 3.12 bits per heavy atom. The predicted octanol–water partition coefficient (Wildman–Crippen LogP) is 1.28. The summed E-state index contributed by atoms with van der Waals surface area (Å²) < 4.78 is 0.671. The zero-order chi connectivity index (χ0) is 12.3. The maximum Gasteiger partial charge on any atom is 0.242 e. The number of nitriles is 1. The standard InChI is InChI=1S/C11H11BrN4O/c12-9-2-1-3-10(15-9)16-11(17)8-4-7(5-13)6-14-8/h1-3,7-8,14H,4,6H2,(H,15,16,17). The topological polar surface area (TPSA) is 77.8 Å². The highest BCUT2D eigenvalue weighted by atomic mass is 79.9. The van der Waals surface area contributed by atoms with Gasteiger partial charge in [-0.2, -0.15) is 5.26 Å². The normalized spacial score (nSPS) is 23.1. The predicted molar refractivity (Wildman–Crippen MR) is 66.1 cm³/mol. The number of rotatable bonds is 2. The Balaban J connectivity index is 1.96. The molecule has 0 spiro atoms. The summed E-state index contributed by atoms with van der Waals surface area (Å²) in [4.78, 5) is 16.0. The molecule has 0 aliphatic carbocycles. The lowest BCUT2D eigenvalue weighted by atomic mass is 10.1. The van der Waals surface area contributed by atoms with E-state index in [1.54, 1.807) is 18.2 Å². The van der Waals surface area contributed by atoms with Crippen LogP contribution in [0.3, 0.4) is 0 Å². The summed E-state index contributed by atoms with van der Waals surface area (Å²) in [6.07, 6.45) is 0.552. The molecule has 17 heavy (non-hydrogen) atoms. The highest BCUT2D eigenvalue weighted by Gasteiger charge is 2.29. The van der Waals surface area contributed by atoms with Gasteiger partial charge in [0.15, 0.2) is 0 Å². The minimum atomic E-state index is -0.305. The van der Waals surface area contributed by atoms with Gasteiger partial charge in [-0.15, -0.1) is 0 Å². The second-order valence-electron chi connectivity index (χ2n) is 3.86. The lowest BCUT2D eigenvalue weighted by Crippen LogP contribution is -2.35. The van der Waals surface area contributed by atoms with Gasteiger partial charge < -0.3 is 10.6 Å². The summed E-state index contributed by atoms with van der Waals surface area (Å²) in [7, 11) is 0. The van der Waals surface area contributed by atoms with E-state index in [9.17, 15) is 4.79 Å². The van der Waals surface area contributed by atoms with Gasteiger partial charge in [0.05, 0.1) is 18.0 Å². The van der Waals surface area contributed by atoms with Gasteiger partial charge >= 0.3 is 0 Å². The van der Waals surface area contributed by atoms with Gasteiger partial charge in [-0.25, -0.2) is 4.98 Å². The van der Waals surface area contributed by atoms with Gasteiger partial charge in [-0.3, -0.25) is 4.79 Å². The van der Waals surface area contributed by atoms with E-state index in [-0.39, 0.29) is 17.9 Å². The number of carbonyl (C=O) groups excluding carboxylic acids is 1. The third-order valence-electron chi connectivity index (χ3n) is 2.60. The summed E-state index contributed by atoms with van der Waals surface area (Å²) in [6, 6.07) is 7.16. The molecule has 1 aromatic rings. The van der Waals surface area contributed by atoms with Crippen molar-refractivity contribution in [1.82, 2.24) is 10.3 Å². The van der Waals surface area contributed by atoms with Crippen molar-refractivity contribution in [3.05, 3.63) is 22.8 Å². The number of nitrogens with zero attached hydrogens (tertiary/aromatic N) is 2. The number of hydrogen-bond acceptors (Lipinski definition) is 4. The highest BCUT2D eigenvalue weighted by molar-refractivity contribution is 9.10. The molecule has 1 fully saturated rings. The number of hydrogen-bond donors (Lipinski definition) is 2. The van der Waals surface area contributed by atoms with Crippen LogP contribution in [0.15, 0.2) is 22.8 Å². The van der Waals surface area contributed by atoms with Crippen LogP contribution in [0, 0.1) is 17.2 Å². The Labute approximate surface area is 107 Å². The molecule has 6 heteroatoms. The number of amides is 1. The Kier molecular flexibility index (Phi) is 3.71. The van der Waals surface area contributed by atoms with Gasteiger partial charge in [-0.05, 0) is 34.5 Å². The fourth-order valence-corrected chi connectivity index (χ4v) is 2.07. The zero-order valence-electron chi connectivity index (χ0n) is 8.98. The minimum absolute atomic E-state index is 0.0822. The molecule has 2 N–H and O–H groups in total. The summed E-state index contributed by atoms with van der Waals surface area (Å²) in [5.74, 6) is 0.279. The molecular formula is C11H11BrN4O. The van der Waals surface area contributed by atoms with Crippen molar-refractivity contribution < 1.29 is 4.79 Å². The Morgan fingerprint density at radius 1 is 1.65 bits per heavy atom. The molecule has 2 unspecified atom stereocenters. The Hall–Kier alpha value is -1.45. The maximum atomic E-state index is 11.8. The van der Waals surface area contributed by atoms with Crippen LogP contribution in [0.5, 0.6) is 0 Å². The summed E-state index contributed by atoms with van der Waals surface area (Å²) in [6.45, 7) is 0.570. The van der Waals surface area contributed by atoms with Crippen LogP contribution in [-0.4, -0.2) is 23.5 Å². The average Bonchev–Trinajstić information content (AvgIpc) is 2.77. The number of nitrogens with one attached hydrogen (secondary N) is 2.